The van der Waals surface area contributed by atoms with Crippen molar-refractivity contribution < 1.29 is 42.1 Å². The maximum absolute atomic E-state index is 12.5. The zero-order chi connectivity index (χ0) is 30.8. The van der Waals surface area contributed by atoms with Crippen LogP contribution < -0.4 is 0 Å². The van der Waals surface area contributed by atoms with Crippen molar-refractivity contribution in [3.63, 3.8) is 0 Å². The summed E-state index contributed by atoms with van der Waals surface area (Å²) in [4.78, 5) is 34.6. The largest absolute Gasteiger partial charge is 0.472 e. The van der Waals surface area contributed by atoms with Crippen molar-refractivity contribution in [2.24, 2.45) is 0 Å². The van der Waals surface area contributed by atoms with Crippen LogP contribution in [0, 0.1) is 0 Å². The van der Waals surface area contributed by atoms with Crippen molar-refractivity contribution in [2.45, 2.75) is 129 Å². The van der Waals surface area contributed by atoms with E-state index in [1.165, 1.54) is 32.1 Å². The molecular formula is C31H61NO8P+. The van der Waals surface area contributed by atoms with E-state index in [2.05, 4.69) is 26.0 Å². The quantitative estimate of drug-likeness (QED) is 0.0321. The van der Waals surface area contributed by atoms with Gasteiger partial charge in [0.15, 0.2) is 6.10 Å². The van der Waals surface area contributed by atoms with E-state index in [1.807, 2.05) is 21.1 Å². The molecule has 0 fully saturated rings. The molecular weight excluding hydrogens is 545 g/mol. The Labute approximate surface area is 250 Å². The molecule has 0 aliphatic heterocycles. The number of hydrogen-bond acceptors (Lipinski definition) is 7. The number of hydrogen-bond donors (Lipinski definition) is 1. The highest BCUT2D eigenvalue weighted by molar-refractivity contribution is 7.47. The summed E-state index contributed by atoms with van der Waals surface area (Å²) >= 11 is 0. The first-order valence-electron chi connectivity index (χ1n) is 15.9. The SMILES string of the molecule is CCCCCC/C=C\CCCCCCCC(=O)OC(COC(=O)CCCCCC)COP(=O)(O)OCC[N+](C)(C)C. The molecule has 0 saturated heterocycles. The Morgan fingerprint density at radius 2 is 1.24 bits per heavy atom. The van der Waals surface area contributed by atoms with E-state index in [0.717, 1.165) is 57.8 Å². The normalized spacial score (nSPS) is 14.2. The third-order valence-electron chi connectivity index (χ3n) is 6.55. The van der Waals surface area contributed by atoms with Crippen molar-refractivity contribution in [3.8, 4) is 0 Å². The van der Waals surface area contributed by atoms with Crippen LogP contribution in [0.3, 0.4) is 0 Å². The van der Waals surface area contributed by atoms with Crippen LogP contribution in [-0.4, -0.2) is 74.9 Å². The molecule has 0 saturated carbocycles. The first-order chi connectivity index (χ1) is 19.5. The average molecular weight is 607 g/mol. The lowest BCUT2D eigenvalue weighted by molar-refractivity contribution is -0.870. The van der Waals surface area contributed by atoms with E-state index < -0.39 is 26.5 Å². The highest BCUT2D eigenvalue weighted by atomic mass is 31.2. The number of esters is 2. The van der Waals surface area contributed by atoms with Crippen molar-refractivity contribution >= 4 is 19.8 Å². The molecule has 0 aliphatic rings. The fourth-order valence-corrected chi connectivity index (χ4v) is 4.69. The molecule has 0 rings (SSSR count). The molecule has 0 aliphatic carbocycles. The molecule has 0 aromatic rings. The van der Waals surface area contributed by atoms with Gasteiger partial charge in [0.25, 0.3) is 0 Å². The number of allylic oxidation sites excluding steroid dienone is 2. The number of quaternary nitrogens is 1. The van der Waals surface area contributed by atoms with Gasteiger partial charge in [-0.2, -0.15) is 0 Å². The topological polar surface area (TPSA) is 108 Å². The second-order valence-corrected chi connectivity index (χ2v) is 13.3. The molecule has 242 valence electrons. The molecule has 0 radical (unpaired) electrons. The van der Waals surface area contributed by atoms with E-state index in [-0.39, 0.29) is 32.0 Å². The Bertz CT molecular complexity index is 738. The van der Waals surface area contributed by atoms with Crippen LogP contribution in [0.5, 0.6) is 0 Å². The zero-order valence-corrected chi connectivity index (χ0v) is 27.7. The lowest BCUT2D eigenvalue weighted by Gasteiger charge is -2.24. The molecule has 0 aromatic heterocycles. The van der Waals surface area contributed by atoms with Gasteiger partial charge in [-0.3, -0.25) is 18.6 Å². The van der Waals surface area contributed by atoms with E-state index in [9.17, 15) is 19.0 Å². The minimum atomic E-state index is -4.35. The van der Waals surface area contributed by atoms with Crippen LogP contribution in [-0.2, 0) is 32.7 Å². The lowest BCUT2D eigenvalue weighted by Crippen LogP contribution is -2.37. The summed E-state index contributed by atoms with van der Waals surface area (Å²) in [5, 5.41) is 0. The van der Waals surface area contributed by atoms with Gasteiger partial charge in [-0.25, -0.2) is 4.57 Å². The van der Waals surface area contributed by atoms with Gasteiger partial charge in [0, 0.05) is 12.8 Å². The monoisotopic (exact) mass is 606 g/mol. The zero-order valence-electron chi connectivity index (χ0n) is 26.8. The molecule has 0 heterocycles. The van der Waals surface area contributed by atoms with Crippen LogP contribution in [0.4, 0.5) is 0 Å². The third-order valence-corrected chi connectivity index (χ3v) is 7.53. The predicted octanol–water partition coefficient (Wildman–Crippen LogP) is 7.51. The summed E-state index contributed by atoms with van der Waals surface area (Å²) in [6.45, 7) is 4.23. The second kappa shape index (κ2) is 25.3. The smallest absolute Gasteiger partial charge is 0.462 e. The molecule has 41 heavy (non-hydrogen) atoms. The molecule has 1 N–H and O–H groups in total. The summed E-state index contributed by atoms with van der Waals surface area (Å²) < 4.78 is 33.7. The summed E-state index contributed by atoms with van der Waals surface area (Å²) in [5.74, 6) is -0.831. The van der Waals surface area contributed by atoms with Crippen LogP contribution in [0.1, 0.15) is 123 Å². The third kappa shape index (κ3) is 28.6. The lowest BCUT2D eigenvalue weighted by atomic mass is 10.1. The van der Waals surface area contributed by atoms with Gasteiger partial charge in [0.1, 0.15) is 19.8 Å². The van der Waals surface area contributed by atoms with Gasteiger partial charge in [-0.1, -0.05) is 83.8 Å². The number of ether oxygens (including phenoxy) is 2. The number of nitrogens with zero attached hydrogens (tertiary/aromatic N) is 1. The van der Waals surface area contributed by atoms with Gasteiger partial charge in [0.2, 0.25) is 0 Å². The number of likely N-dealkylation sites (N-methyl/N-ethyl adjacent to an activating group) is 1. The van der Waals surface area contributed by atoms with Crippen molar-refractivity contribution in [1.29, 1.82) is 0 Å². The Balaban J connectivity index is 4.44. The summed E-state index contributed by atoms with van der Waals surface area (Å²) in [5.41, 5.74) is 0. The fraction of sp³-hybridized carbons (Fsp3) is 0.871. The maximum Gasteiger partial charge on any atom is 0.472 e. The summed E-state index contributed by atoms with van der Waals surface area (Å²) in [6, 6.07) is 0. The standard InChI is InChI=1S/C31H60NO8P/c1-6-8-10-12-13-14-15-16-17-18-19-20-22-24-31(34)40-29(27-37-30(33)23-21-11-9-7-2)28-39-41(35,36)38-26-25-32(3,4)5/h14-15,29H,6-13,16-28H2,1-5H3/p+1/b15-14-. The van der Waals surface area contributed by atoms with Crippen LogP contribution in [0.25, 0.3) is 0 Å². The number of phosphoric ester groups is 1. The molecule has 10 heteroatoms. The van der Waals surface area contributed by atoms with E-state index in [0.29, 0.717) is 17.4 Å². The summed E-state index contributed by atoms with van der Waals surface area (Å²) in [6.07, 6.45) is 20.3. The van der Waals surface area contributed by atoms with Gasteiger partial charge in [0.05, 0.1) is 27.7 Å². The Kier molecular flexibility index (Phi) is 24.5. The van der Waals surface area contributed by atoms with Crippen molar-refractivity contribution in [3.05, 3.63) is 12.2 Å². The minimum absolute atomic E-state index is 0.0316. The maximum atomic E-state index is 12.5. The molecule has 0 spiro atoms. The van der Waals surface area contributed by atoms with Gasteiger partial charge < -0.3 is 18.9 Å². The Morgan fingerprint density at radius 1 is 0.732 bits per heavy atom. The Morgan fingerprint density at radius 3 is 1.83 bits per heavy atom. The molecule has 0 aromatic carbocycles. The highest BCUT2D eigenvalue weighted by Gasteiger charge is 2.27. The molecule has 0 amide bonds. The van der Waals surface area contributed by atoms with Crippen LogP contribution >= 0.6 is 7.82 Å². The first kappa shape index (κ1) is 39.8. The van der Waals surface area contributed by atoms with E-state index in [4.69, 9.17) is 18.5 Å². The molecule has 9 nitrogen and oxygen atoms in total. The minimum Gasteiger partial charge on any atom is -0.462 e. The fourth-order valence-electron chi connectivity index (χ4n) is 3.95. The van der Waals surface area contributed by atoms with Crippen molar-refractivity contribution in [2.75, 3.05) is 47.5 Å². The van der Waals surface area contributed by atoms with Crippen LogP contribution in [0.15, 0.2) is 12.2 Å². The van der Waals surface area contributed by atoms with Gasteiger partial charge in [-0.15, -0.1) is 0 Å². The number of unbranched alkanes of at least 4 members (excludes halogenated alkanes) is 12. The van der Waals surface area contributed by atoms with Gasteiger partial charge >= 0.3 is 19.8 Å². The van der Waals surface area contributed by atoms with E-state index >= 15 is 0 Å². The molecule has 2 unspecified atom stereocenters. The number of rotatable bonds is 28. The number of carbonyl (C=O) groups excluding carboxylic acids is 2. The van der Waals surface area contributed by atoms with Crippen LogP contribution in [0.2, 0.25) is 0 Å². The molecule has 2 atom stereocenters. The number of carbonyl (C=O) groups is 2. The number of phosphoric acid groups is 1. The second-order valence-electron chi connectivity index (χ2n) is 11.8. The van der Waals surface area contributed by atoms with E-state index in [1.54, 1.807) is 0 Å². The summed E-state index contributed by atoms with van der Waals surface area (Å²) in [7, 11) is 1.47. The van der Waals surface area contributed by atoms with Gasteiger partial charge in [-0.05, 0) is 38.5 Å². The van der Waals surface area contributed by atoms with Crippen molar-refractivity contribution in [1.82, 2.24) is 0 Å². The molecule has 0 bridgehead atoms. The predicted molar refractivity (Wildman–Crippen MR) is 164 cm³/mol. The Hall–Kier alpha value is -1.25. The average Bonchev–Trinajstić information content (AvgIpc) is 2.90. The first-order valence-corrected chi connectivity index (χ1v) is 17.4. The highest BCUT2D eigenvalue weighted by Crippen LogP contribution is 2.43.